The first-order valence-electron chi connectivity index (χ1n) is 5.56. The molecule has 0 unspecified atom stereocenters. The number of anilines is 1. The fourth-order valence-electron chi connectivity index (χ4n) is 1.64. The quantitative estimate of drug-likeness (QED) is 0.877. The first kappa shape index (κ1) is 14.0. The van der Waals surface area contributed by atoms with Gasteiger partial charge in [0.15, 0.2) is 11.6 Å². The zero-order valence-electron chi connectivity index (χ0n) is 10.4. The largest absolute Gasteiger partial charge is 0.463 e. The van der Waals surface area contributed by atoms with E-state index < -0.39 is 29.1 Å². The molecule has 0 saturated heterocycles. The number of carbonyl (C=O) groups excluding carboxylic acids is 1. The molecule has 4 nitrogen and oxygen atoms in total. The van der Waals surface area contributed by atoms with Crippen molar-refractivity contribution >= 4 is 11.7 Å². The maximum atomic E-state index is 13.4. The minimum Gasteiger partial charge on any atom is -0.463 e. The number of methoxy groups -OCH3 is 1. The lowest BCUT2D eigenvalue weighted by Crippen LogP contribution is -2.08. The lowest BCUT2D eigenvalue weighted by Gasteiger charge is -2.08. The number of furan rings is 1. The predicted octanol–water partition coefficient (Wildman–Crippen LogP) is 3.10. The van der Waals surface area contributed by atoms with Crippen LogP contribution in [0, 0.1) is 17.5 Å². The molecule has 0 bridgehead atoms. The number of esters is 1. The second-order valence-electron chi connectivity index (χ2n) is 3.86. The van der Waals surface area contributed by atoms with Crippen molar-refractivity contribution in [2.24, 2.45) is 0 Å². The normalized spacial score (nSPS) is 10.4. The highest BCUT2D eigenvalue weighted by molar-refractivity contribution is 5.87. The standard InChI is InChI=1S/C13H10F3NO3/c1-19-13(18)12-7(2-3-20-12)6-17-11-9(15)4-8(14)5-10(11)16/h2-5,17H,6H2,1H3. The SMILES string of the molecule is COC(=O)c1occc1CNc1c(F)cc(F)cc1F. The van der Waals surface area contributed by atoms with Gasteiger partial charge in [-0.3, -0.25) is 0 Å². The van der Waals surface area contributed by atoms with Crippen LogP contribution in [-0.4, -0.2) is 13.1 Å². The minimum absolute atomic E-state index is 0.0667. The molecule has 0 fully saturated rings. The van der Waals surface area contributed by atoms with E-state index in [1.165, 1.54) is 19.4 Å². The van der Waals surface area contributed by atoms with Crippen LogP contribution in [0.4, 0.5) is 18.9 Å². The molecule has 0 aliphatic carbocycles. The number of rotatable bonds is 4. The summed E-state index contributed by atoms with van der Waals surface area (Å²) >= 11 is 0. The van der Waals surface area contributed by atoms with Crippen molar-refractivity contribution in [1.29, 1.82) is 0 Å². The van der Waals surface area contributed by atoms with Crippen LogP contribution in [0.15, 0.2) is 28.9 Å². The fraction of sp³-hybridized carbons (Fsp3) is 0.154. The van der Waals surface area contributed by atoms with Crippen LogP contribution in [-0.2, 0) is 11.3 Å². The average Bonchev–Trinajstić information content (AvgIpc) is 2.85. The molecule has 106 valence electrons. The van der Waals surface area contributed by atoms with Gasteiger partial charge in [-0.05, 0) is 6.07 Å². The summed E-state index contributed by atoms with van der Waals surface area (Å²) in [5.74, 6) is -3.91. The first-order chi connectivity index (χ1) is 9.52. The predicted molar refractivity (Wildman–Crippen MR) is 63.7 cm³/mol. The molecule has 0 amide bonds. The summed E-state index contributed by atoms with van der Waals surface area (Å²) in [6.07, 6.45) is 1.25. The van der Waals surface area contributed by atoms with E-state index in [2.05, 4.69) is 10.1 Å². The number of halogens is 3. The Morgan fingerprint density at radius 1 is 1.30 bits per heavy atom. The first-order valence-corrected chi connectivity index (χ1v) is 5.56. The molecule has 0 aliphatic rings. The summed E-state index contributed by atoms with van der Waals surface area (Å²) in [6.45, 7) is -0.0829. The molecule has 1 N–H and O–H groups in total. The number of benzene rings is 1. The van der Waals surface area contributed by atoms with Crippen LogP contribution >= 0.6 is 0 Å². The van der Waals surface area contributed by atoms with Crippen LogP contribution in [0.2, 0.25) is 0 Å². The summed E-state index contributed by atoms with van der Waals surface area (Å²) < 4.78 is 49.0. The van der Waals surface area contributed by atoms with E-state index >= 15 is 0 Å². The zero-order valence-corrected chi connectivity index (χ0v) is 10.4. The molecule has 0 atom stereocenters. The zero-order chi connectivity index (χ0) is 14.7. The van der Waals surface area contributed by atoms with Crippen molar-refractivity contribution in [2.45, 2.75) is 6.54 Å². The second kappa shape index (κ2) is 5.68. The van der Waals surface area contributed by atoms with Gasteiger partial charge in [0.2, 0.25) is 5.76 Å². The van der Waals surface area contributed by atoms with Gasteiger partial charge in [0.1, 0.15) is 11.5 Å². The van der Waals surface area contributed by atoms with Crippen LogP contribution in [0.1, 0.15) is 16.1 Å². The monoisotopic (exact) mass is 285 g/mol. The number of carbonyl (C=O) groups is 1. The third-order valence-electron chi connectivity index (χ3n) is 2.58. The van der Waals surface area contributed by atoms with Gasteiger partial charge in [-0.1, -0.05) is 0 Å². The Bertz CT molecular complexity index is 617. The smallest absolute Gasteiger partial charge is 0.374 e. The third-order valence-corrected chi connectivity index (χ3v) is 2.58. The van der Waals surface area contributed by atoms with Crippen LogP contribution in [0.25, 0.3) is 0 Å². The highest BCUT2D eigenvalue weighted by Crippen LogP contribution is 2.22. The summed E-state index contributed by atoms with van der Waals surface area (Å²) in [6, 6.07) is 2.57. The van der Waals surface area contributed by atoms with E-state index in [0.29, 0.717) is 17.7 Å². The second-order valence-corrected chi connectivity index (χ2v) is 3.86. The van der Waals surface area contributed by atoms with Crippen molar-refractivity contribution in [1.82, 2.24) is 0 Å². The molecule has 2 rings (SSSR count). The van der Waals surface area contributed by atoms with Gasteiger partial charge >= 0.3 is 5.97 Å². The molecule has 20 heavy (non-hydrogen) atoms. The Morgan fingerprint density at radius 2 is 1.95 bits per heavy atom. The molecule has 2 aromatic rings. The van der Waals surface area contributed by atoms with Crippen molar-refractivity contribution in [2.75, 3.05) is 12.4 Å². The van der Waals surface area contributed by atoms with E-state index in [1.54, 1.807) is 0 Å². The Labute approximate surface area is 112 Å². The van der Waals surface area contributed by atoms with Crippen LogP contribution < -0.4 is 5.32 Å². The van der Waals surface area contributed by atoms with Gasteiger partial charge < -0.3 is 14.5 Å². The van der Waals surface area contributed by atoms with Gasteiger partial charge in [0, 0.05) is 24.2 Å². The molecule has 0 radical (unpaired) electrons. The lowest BCUT2D eigenvalue weighted by molar-refractivity contribution is 0.0563. The van der Waals surface area contributed by atoms with E-state index in [9.17, 15) is 18.0 Å². The Morgan fingerprint density at radius 3 is 2.55 bits per heavy atom. The Hall–Kier alpha value is -2.44. The number of hydrogen-bond donors (Lipinski definition) is 1. The number of nitrogens with one attached hydrogen (secondary N) is 1. The lowest BCUT2D eigenvalue weighted by atomic mass is 10.2. The molecule has 1 aromatic heterocycles. The summed E-state index contributed by atoms with van der Waals surface area (Å²) in [7, 11) is 1.18. The maximum Gasteiger partial charge on any atom is 0.374 e. The van der Waals surface area contributed by atoms with Gasteiger partial charge in [0.05, 0.1) is 13.4 Å². The Balaban J connectivity index is 2.18. The molecule has 1 heterocycles. The van der Waals surface area contributed by atoms with Crippen molar-refractivity contribution < 1.29 is 27.1 Å². The fourth-order valence-corrected chi connectivity index (χ4v) is 1.64. The van der Waals surface area contributed by atoms with Gasteiger partial charge in [0.25, 0.3) is 0 Å². The highest BCUT2D eigenvalue weighted by Gasteiger charge is 2.17. The summed E-state index contributed by atoms with van der Waals surface area (Å²) in [5, 5.41) is 2.45. The average molecular weight is 285 g/mol. The van der Waals surface area contributed by atoms with Gasteiger partial charge in [-0.15, -0.1) is 0 Å². The maximum absolute atomic E-state index is 13.4. The molecule has 1 aromatic carbocycles. The number of hydrogen-bond acceptors (Lipinski definition) is 4. The topological polar surface area (TPSA) is 51.5 Å². The molecular weight excluding hydrogens is 275 g/mol. The molecule has 0 aliphatic heterocycles. The van der Waals surface area contributed by atoms with Gasteiger partial charge in [-0.25, -0.2) is 18.0 Å². The van der Waals surface area contributed by atoms with Crippen molar-refractivity contribution in [3.05, 3.63) is 53.2 Å². The molecule has 0 saturated carbocycles. The van der Waals surface area contributed by atoms with E-state index in [0.717, 1.165) is 0 Å². The molecular formula is C13H10F3NO3. The molecule has 0 spiro atoms. The van der Waals surface area contributed by atoms with Crippen molar-refractivity contribution in [3.8, 4) is 0 Å². The van der Waals surface area contributed by atoms with Crippen molar-refractivity contribution in [3.63, 3.8) is 0 Å². The van der Waals surface area contributed by atoms with E-state index in [1.807, 2.05) is 0 Å². The van der Waals surface area contributed by atoms with E-state index in [-0.39, 0.29) is 12.3 Å². The molecule has 7 heteroatoms. The van der Waals surface area contributed by atoms with Crippen LogP contribution in [0.3, 0.4) is 0 Å². The van der Waals surface area contributed by atoms with Crippen LogP contribution in [0.5, 0.6) is 0 Å². The highest BCUT2D eigenvalue weighted by atomic mass is 19.1. The summed E-state index contributed by atoms with van der Waals surface area (Å²) in [4.78, 5) is 11.3. The summed E-state index contributed by atoms with van der Waals surface area (Å²) in [5.41, 5.74) is -0.122. The third kappa shape index (κ3) is 2.76. The Kier molecular flexibility index (Phi) is 3.97. The van der Waals surface area contributed by atoms with Gasteiger partial charge in [-0.2, -0.15) is 0 Å². The van der Waals surface area contributed by atoms with E-state index in [4.69, 9.17) is 4.42 Å². The number of ether oxygens (including phenoxy) is 1. The minimum atomic E-state index is -1.06.